The fourth-order valence-corrected chi connectivity index (χ4v) is 1.63. The highest BCUT2D eigenvalue weighted by molar-refractivity contribution is 5.38. The number of methoxy groups -OCH3 is 1. The van der Waals surface area contributed by atoms with E-state index in [0.29, 0.717) is 6.61 Å². The van der Waals surface area contributed by atoms with Crippen LogP contribution >= 0.6 is 0 Å². The highest BCUT2D eigenvalue weighted by atomic mass is 16.5. The van der Waals surface area contributed by atoms with E-state index in [0.717, 1.165) is 23.3 Å². The third-order valence-electron chi connectivity index (χ3n) is 3.13. The van der Waals surface area contributed by atoms with Crippen molar-refractivity contribution >= 4 is 0 Å². The molecule has 1 rings (SSSR count). The van der Waals surface area contributed by atoms with Gasteiger partial charge in [-0.05, 0) is 39.8 Å². The number of ether oxygens (including phenoxy) is 2. The SMILES string of the molecule is COC(C)(C)CCOc1ccc(C)cc1[C@H](C)O. The Morgan fingerprint density at radius 1 is 1.33 bits per heavy atom. The van der Waals surface area contributed by atoms with E-state index in [2.05, 4.69) is 0 Å². The number of aliphatic hydroxyl groups is 1. The molecule has 0 aromatic heterocycles. The van der Waals surface area contributed by atoms with Gasteiger partial charge in [-0.25, -0.2) is 0 Å². The fourth-order valence-electron chi connectivity index (χ4n) is 1.63. The molecule has 0 aliphatic carbocycles. The van der Waals surface area contributed by atoms with Crippen LogP contribution in [0.25, 0.3) is 0 Å². The fraction of sp³-hybridized carbons (Fsp3) is 0.600. The van der Waals surface area contributed by atoms with Crippen LogP contribution in [0, 0.1) is 6.92 Å². The van der Waals surface area contributed by atoms with E-state index in [9.17, 15) is 5.11 Å². The molecule has 0 fully saturated rings. The summed E-state index contributed by atoms with van der Waals surface area (Å²) in [6.07, 6.45) is 0.284. The van der Waals surface area contributed by atoms with E-state index in [4.69, 9.17) is 9.47 Å². The van der Waals surface area contributed by atoms with Gasteiger partial charge in [0.2, 0.25) is 0 Å². The van der Waals surface area contributed by atoms with Crippen LogP contribution in [-0.2, 0) is 4.74 Å². The maximum atomic E-state index is 9.73. The summed E-state index contributed by atoms with van der Waals surface area (Å²) >= 11 is 0. The molecule has 0 aliphatic heterocycles. The molecule has 18 heavy (non-hydrogen) atoms. The lowest BCUT2D eigenvalue weighted by Crippen LogP contribution is -2.25. The number of hydrogen-bond donors (Lipinski definition) is 1. The van der Waals surface area contributed by atoms with Crippen molar-refractivity contribution in [2.24, 2.45) is 0 Å². The molecule has 102 valence electrons. The second-order valence-electron chi connectivity index (χ2n) is 5.28. The molecule has 0 heterocycles. The Hall–Kier alpha value is -1.06. The standard InChI is InChI=1S/C15H24O3/c1-11-6-7-14(13(10-11)12(2)16)18-9-8-15(3,4)17-5/h6-7,10,12,16H,8-9H2,1-5H3/t12-/m0/s1. The Labute approximate surface area is 110 Å². The van der Waals surface area contributed by atoms with Gasteiger partial charge in [0, 0.05) is 19.1 Å². The van der Waals surface area contributed by atoms with Crippen molar-refractivity contribution in [3.63, 3.8) is 0 Å². The molecule has 0 spiro atoms. The van der Waals surface area contributed by atoms with Crippen LogP contribution in [0.5, 0.6) is 5.75 Å². The Morgan fingerprint density at radius 2 is 2.00 bits per heavy atom. The minimum Gasteiger partial charge on any atom is -0.493 e. The number of benzene rings is 1. The van der Waals surface area contributed by atoms with Gasteiger partial charge in [0.25, 0.3) is 0 Å². The molecule has 3 nitrogen and oxygen atoms in total. The van der Waals surface area contributed by atoms with E-state index in [1.807, 2.05) is 39.0 Å². The molecule has 0 aliphatic rings. The molecular formula is C15H24O3. The third-order valence-corrected chi connectivity index (χ3v) is 3.13. The maximum Gasteiger partial charge on any atom is 0.125 e. The van der Waals surface area contributed by atoms with E-state index in [1.165, 1.54) is 0 Å². The van der Waals surface area contributed by atoms with Gasteiger partial charge in [-0.2, -0.15) is 0 Å². The van der Waals surface area contributed by atoms with E-state index < -0.39 is 6.10 Å². The largest absolute Gasteiger partial charge is 0.493 e. The second-order valence-corrected chi connectivity index (χ2v) is 5.28. The molecule has 1 N–H and O–H groups in total. The smallest absolute Gasteiger partial charge is 0.125 e. The van der Waals surface area contributed by atoms with Gasteiger partial charge < -0.3 is 14.6 Å². The first-order valence-electron chi connectivity index (χ1n) is 6.32. The van der Waals surface area contributed by atoms with Gasteiger partial charge >= 0.3 is 0 Å². The Kier molecular flexibility index (Phi) is 5.17. The lowest BCUT2D eigenvalue weighted by molar-refractivity contribution is 0.00522. The molecule has 0 amide bonds. The Morgan fingerprint density at radius 3 is 2.56 bits per heavy atom. The van der Waals surface area contributed by atoms with Crippen molar-refractivity contribution in [2.75, 3.05) is 13.7 Å². The minimum atomic E-state index is -0.518. The minimum absolute atomic E-state index is 0.185. The number of aliphatic hydroxyl groups excluding tert-OH is 1. The predicted molar refractivity (Wildman–Crippen MR) is 73.0 cm³/mol. The highest BCUT2D eigenvalue weighted by Crippen LogP contribution is 2.26. The summed E-state index contributed by atoms with van der Waals surface area (Å²) in [7, 11) is 1.70. The first-order chi connectivity index (χ1) is 8.35. The van der Waals surface area contributed by atoms with Crippen molar-refractivity contribution in [3.05, 3.63) is 29.3 Å². The van der Waals surface area contributed by atoms with Crippen molar-refractivity contribution in [1.82, 2.24) is 0 Å². The van der Waals surface area contributed by atoms with Crippen LogP contribution in [0.1, 0.15) is 44.4 Å². The normalized spacial score (nSPS) is 13.4. The average Bonchev–Trinajstić information content (AvgIpc) is 2.30. The zero-order valence-electron chi connectivity index (χ0n) is 12.0. The van der Waals surface area contributed by atoms with Crippen LogP contribution in [0.2, 0.25) is 0 Å². The number of hydrogen-bond acceptors (Lipinski definition) is 3. The zero-order chi connectivity index (χ0) is 13.8. The van der Waals surface area contributed by atoms with Crippen LogP contribution < -0.4 is 4.74 Å². The molecule has 0 radical (unpaired) electrons. The van der Waals surface area contributed by atoms with Crippen LogP contribution in [0.15, 0.2) is 18.2 Å². The summed E-state index contributed by atoms with van der Waals surface area (Å²) in [4.78, 5) is 0. The summed E-state index contributed by atoms with van der Waals surface area (Å²) in [5, 5.41) is 9.73. The van der Waals surface area contributed by atoms with Gasteiger partial charge in [-0.3, -0.25) is 0 Å². The topological polar surface area (TPSA) is 38.7 Å². The van der Waals surface area contributed by atoms with Crippen LogP contribution in [0.4, 0.5) is 0 Å². The van der Waals surface area contributed by atoms with Crippen molar-refractivity contribution in [2.45, 2.75) is 45.8 Å². The molecule has 0 saturated carbocycles. The molecule has 0 bridgehead atoms. The summed E-state index contributed by atoms with van der Waals surface area (Å²) in [5.41, 5.74) is 1.77. The molecule has 0 unspecified atom stereocenters. The first-order valence-corrected chi connectivity index (χ1v) is 6.32. The second kappa shape index (κ2) is 6.21. The van der Waals surface area contributed by atoms with Gasteiger partial charge in [0.1, 0.15) is 5.75 Å². The summed E-state index contributed by atoms with van der Waals surface area (Å²) in [5.74, 6) is 0.752. The average molecular weight is 252 g/mol. The summed E-state index contributed by atoms with van der Waals surface area (Å²) in [6.45, 7) is 8.39. The van der Waals surface area contributed by atoms with Crippen molar-refractivity contribution in [1.29, 1.82) is 0 Å². The van der Waals surface area contributed by atoms with E-state index >= 15 is 0 Å². The molecule has 3 heteroatoms. The van der Waals surface area contributed by atoms with Gasteiger partial charge in [-0.15, -0.1) is 0 Å². The third kappa shape index (κ3) is 4.31. The Balaban J connectivity index is 2.67. The molecule has 1 atom stereocenters. The van der Waals surface area contributed by atoms with Gasteiger partial charge in [0.05, 0.1) is 18.3 Å². The lowest BCUT2D eigenvalue weighted by atomic mass is 10.1. The molecular weight excluding hydrogens is 228 g/mol. The first kappa shape index (κ1) is 15.0. The van der Waals surface area contributed by atoms with Gasteiger partial charge in [0.15, 0.2) is 0 Å². The Bertz CT molecular complexity index is 383. The van der Waals surface area contributed by atoms with Crippen LogP contribution in [0.3, 0.4) is 0 Å². The zero-order valence-corrected chi connectivity index (χ0v) is 12.0. The predicted octanol–water partition coefficient (Wildman–Crippen LogP) is 3.24. The summed E-state index contributed by atoms with van der Waals surface area (Å²) in [6, 6.07) is 5.86. The molecule has 0 saturated heterocycles. The van der Waals surface area contributed by atoms with Crippen molar-refractivity contribution < 1.29 is 14.6 Å². The van der Waals surface area contributed by atoms with E-state index in [-0.39, 0.29) is 5.60 Å². The lowest BCUT2D eigenvalue weighted by Gasteiger charge is -2.23. The summed E-state index contributed by atoms with van der Waals surface area (Å²) < 4.78 is 11.1. The highest BCUT2D eigenvalue weighted by Gasteiger charge is 2.17. The molecule has 1 aromatic rings. The van der Waals surface area contributed by atoms with Crippen LogP contribution in [-0.4, -0.2) is 24.4 Å². The monoisotopic (exact) mass is 252 g/mol. The van der Waals surface area contributed by atoms with Gasteiger partial charge in [-0.1, -0.05) is 11.6 Å². The van der Waals surface area contributed by atoms with E-state index in [1.54, 1.807) is 14.0 Å². The number of aryl methyl sites for hydroxylation is 1. The maximum absolute atomic E-state index is 9.73. The molecule has 1 aromatic carbocycles. The van der Waals surface area contributed by atoms with Crippen molar-refractivity contribution in [3.8, 4) is 5.75 Å². The quantitative estimate of drug-likeness (QED) is 0.844. The number of rotatable bonds is 6.